The SMILES string of the molecule is CCC(C)(C)C(=O)C(=O)C1CCCCN1C(=O)OC(CCc1ccc(OC)c(OC)c1)c1cccc(NC(=O)[C@@H]2OC(C)(C)OC2COCOC2CC3OCC3C3CC4(O)CCC(C)=C(C(O)COCC23C)C4(C)C)c1. The summed E-state index contributed by atoms with van der Waals surface area (Å²) in [6, 6.07) is 11.7. The number of likely N-dealkylation sites (tertiary alicyclic amines) is 1. The number of benzene rings is 2. The molecule has 10 unspecified atom stereocenters. The molecule has 2 aliphatic carbocycles. The van der Waals surface area contributed by atoms with Gasteiger partial charge in [-0.15, -0.1) is 0 Å². The number of aryl methyl sites for hydroxylation is 1. The maximum absolute atomic E-state index is 14.3. The van der Waals surface area contributed by atoms with E-state index in [4.69, 9.17) is 42.6 Å². The molecule has 76 heavy (non-hydrogen) atoms. The third-order valence-electron chi connectivity index (χ3n) is 18.1. The molecule has 5 fully saturated rings. The molecule has 2 aromatic carbocycles. The minimum atomic E-state index is -1.12. The monoisotopic (exact) mass is 1060 g/mol. The lowest BCUT2D eigenvalue weighted by Crippen LogP contribution is -2.65. The second kappa shape index (κ2) is 23.1. The molecular weight excluding hydrogens is 977 g/mol. The van der Waals surface area contributed by atoms with E-state index >= 15 is 0 Å². The zero-order valence-corrected chi connectivity index (χ0v) is 46.7. The maximum atomic E-state index is 14.3. The summed E-state index contributed by atoms with van der Waals surface area (Å²) in [5, 5.41) is 27.0. The molecule has 4 aliphatic heterocycles. The molecule has 6 aliphatic rings. The first-order valence-corrected chi connectivity index (χ1v) is 27.5. The van der Waals surface area contributed by atoms with Gasteiger partial charge in [-0.05, 0) is 125 Å². The zero-order valence-electron chi connectivity index (χ0n) is 46.7. The fourth-order valence-electron chi connectivity index (χ4n) is 12.9. The van der Waals surface area contributed by atoms with E-state index in [1.54, 1.807) is 60.1 Å². The van der Waals surface area contributed by atoms with Crippen LogP contribution in [0.1, 0.15) is 137 Å². The quantitative estimate of drug-likeness (QED) is 0.0554. The molecule has 17 nitrogen and oxygen atoms in total. The predicted molar refractivity (Wildman–Crippen MR) is 282 cm³/mol. The highest BCUT2D eigenvalue weighted by Crippen LogP contribution is 2.59. The van der Waals surface area contributed by atoms with Crippen LogP contribution in [0.2, 0.25) is 0 Å². The smallest absolute Gasteiger partial charge is 0.411 e. The molecule has 8 rings (SSSR count). The summed E-state index contributed by atoms with van der Waals surface area (Å²) in [7, 11) is 3.13. The summed E-state index contributed by atoms with van der Waals surface area (Å²) >= 11 is 0. The summed E-state index contributed by atoms with van der Waals surface area (Å²) in [5.74, 6) is -1.31. The van der Waals surface area contributed by atoms with E-state index in [-0.39, 0.29) is 50.6 Å². The number of rotatable bonds is 18. The van der Waals surface area contributed by atoms with Gasteiger partial charge in [0.25, 0.3) is 5.91 Å². The number of methoxy groups -OCH3 is 2. The van der Waals surface area contributed by atoms with Gasteiger partial charge in [-0.3, -0.25) is 19.3 Å². The number of piperidine rings is 1. The van der Waals surface area contributed by atoms with E-state index in [1.807, 2.05) is 45.0 Å². The number of amides is 2. The van der Waals surface area contributed by atoms with E-state index in [9.17, 15) is 29.4 Å². The molecule has 0 aromatic heterocycles. The first-order valence-electron chi connectivity index (χ1n) is 27.5. The maximum Gasteiger partial charge on any atom is 0.411 e. The Bertz CT molecular complexity index is 2470. The van der Waals surface area contributed by atoms with E-state index in [0.717, 1.165) is 16.7 Å². The van der Waals surface area contributed by atoms with Gasteiger partial charge in [-0.25, -0.2) is 4.79 Å². The van der Waals surface area contributed by atoms with Crippen molar-refractivity contribution in [2.45, 2.75) is 181 Å². The Morgan fingerprint density at radius 2 is 1.74 bits per heavy atom. The molecule has 2 aromatic rings. The van der Waals surface area contributed by atoms with Crippen LogP contribution in [0.15, 0.2) is 53.6 Å². The van der Waals surface area contributed by atoms with Crippen LogP contribution in [0, 0.1) is 28.1 Å². The Kier molecular flexibility index (Phi) is 17.5. The lowest BCUT2D eigenvalue weighted by atomic mass is 9.51. The highest BCUT2D eigenvalue weighted by Gasteiger charge is 2.62. The van der Waals surface area contributed by atoms with Gasteiger partial charge >= 0.3 is 6.09 Å². The summed E-state index contributed by atoms with van der Waals surface area (Å²) in [4.78, 5) is 57.1. The number of nitrogens with one attached hydrogen (secondary N) is 1. The molecule has 420 valence electrons. The minimum Gasteiger partial charge on any atom is -0.493 e. The number of nitrogens with zero attached hydrogens (tertiary/aromatic N) is 1. The van der Waals surface area contributed by atoms with E-state index in [1.165, 1.54) is 4.90 Å². The Balaban J connectivity index is 0.950. The number of carbonyl (C=O) groups excluding carboxylic acids is 4. The number of ketones is 2. The molecular formula is C59H84N2O15. The van der Waals surface area contributed by atoms with Crippen molar-refractivity contribution >= 4 is 29.3 Å². The van der Waals surface area contributed by atoms with Gasteiger partial charge in [0, 0.05) is 40.8 Å². The molecule has 4 heterocycles. The molecule has 2 amide bonds. The number of ether oxygens (including phenoxy) is 9. The van der Waals surface area contributed by atoms with Gasteiger partial charge in [0.15, 0.2) is 23.4 Å². The second-order valence-electron chi connectivity index (χ2n) is 24.1. The number of aliphatic hydroxyl groups is 2. The summed E-state index contributed by atoms with van der Waals surface area (Å²) in [6.07, 6.45) is 0.781. The standard InChI is InChI=1S/C59H84N2O15/c1-12-55(3,4)52(64)50(63)41-18-13-14-25-61(41)54(66)74-43(21-19-36-20-22-44(68-10)46(26-36)69-11)37-16-15-17-38(27-37)60-53(65)51-47(75-57(7,8)76-51)32-71-34-73-48-28-45-39(30-72-45)40-29-59(67)24-23-35(2)49(56(59,5)6)42(62)31-70-33-58(40,48)9/h15-17,20,22,26-27,39-43,45,47-48,51,62,67H,12-14,18-19,21,23-25,28-34H2,1-11H3,(H,60,65)/t39?,40?,41?,42?,43?,45?,47?,48?,51-,58?,59?/m1/s1. The molecule has 11 atom stereocenters. The van der Waals surface area contributed by atoms with Gasteiger partial charge in [0.1, 0.15) is 25.0 Å². The second-order valence-corrected chi connectivity index (χ2v) is 24.1. The number of hydrogen-bond donors (Lipinski definition) is 3. The summed E-state index contributed by atoms with van der Waals surface area (Å²) in [5.41, 5.74) is 0.782. The van der Waals surface area contributed by atoms with Gasteiger partial charge in [-0.2, -0.15) is 0 Å². The Morgan fingerprint density at radius 3 is 2.45 bits per heavy atom. The average molecular weight is 1060 g/mol. The van der Waals surface area contributed by atoms with Crippen LogP contribution >= 0.6 is 0 Å². The highest BCUT2D eigenvalue weighted by molar-refractivity contribution is 6.41. The molecule has 2 bridgehead atoms. The van der Waals surface area contributed by atoms with Crippen molar-refractivity contribution in [3.8, 4) is 11.5 Å². The van der Waals surface area contributed by atoms with E-state index < -0.39 is 81.7 Å². The van der Waals surface area contributed by atoms with Gasteiger partial charge < -0.3 is 58.2 Å². The van der Waals surface area contributed by atoms with Crippen molar-refractivity contribution in [3.63, 3.8) is 0 Å². The highest BCUT2D eigenvalue weighted by atomic mass is 16.8. The molecule has 0 spiro atoms. The Hall–Kier alpha value is -4.46. The van der Waals surface area contributed by atoms with Crippen LogP contribution in [-0.4, -0.2) is 141 Å². The first-order chi connectivity index (χ1) is 36.0. The molecule has 0 radical (unpaired) electrons. The lowest BCUT2D eigenvalue weighted by Gasteiger charge is -2.61. The van der Waals surface area contributed by atoms with Gasteiger partial charge in [0.2, 0.25) is 11.6 Å². The van der Waals surface area contributed by atoms with Crippen molar-refractivity contribution in [2.75, 3.05) is 59.3 Å². The normalized spacial score (nSPS) is 31.5. The Labute approximate surface area is 448 Å². The van der Waals surface area contributed by atoms with E-state index in [0.29, 0.717) is 100 Å². The largest absolute Gasteiger partial charge is 0.493 e. The van der Waals surface area contributed by atoms with Crippen molar-refractivity contribution < 1.29 is 72.0 Å². The van der Waals surface area contributed by atoms with Crippen LogP contribution < -0.4 is 14.8 Å². The summed E-state index contributed by atoms with van der Waals surface area (Å²) < 4.78 is 55.1. The Morgan fingerprint density at radius 1 is 0.974 bits per heavy atom. The minimum absolute atomic E-state index is 0.0100. The molecule has 1 saturated carbocycles. The van der Waals surface area contributed by atoms with Gasteiger partial charge in [-0.1, -0.05) is 65.3 Å². The molecule has 3 N–H and O–H groups in total. The molecule has 17 heteroatoms. The van der Waals surface area contributed by atoms with Crippen LogP contribution in [0.5, 0.6) is 11.5 Å². The van der Waals surface area contributed by atoms with Crippen LogP contribution in [0.3, 0.4) is 0 Å². The van der Waals surface area contributed by atoms with Crippen molar-refractivity contribution in [3.05, 3.63) is 64.7 Å². The fourth-order valence-corrected chi connectivity index (χ4v) is 12.9. The van der Waals surface area contributed by atoms with E-state index in [2.05, 4.69) is 19.2 Å². The third-order valence-corrected chi connectivity index (χ3v) is 18.1. The first kappa shape index (κ1) is 57.7. The van der Waals surface area contributed by atoms with Gasteiger partial charge in [0.05, 0.1) is 64.6 Å². The topological polar surface area (TPSA) is 207 Å². The van der Waals surface area contributed by atoms with Crippen molar-refractivity contribution in [2.24, 2.45) is 28.1 Å². The lowest BCUT2D eigenvalue weighted by molar-refractivity contribution is -0.272. The number of anilines is 1. The summed E-state index contributed by atoms with van der Waals surface area (Å²) in [6.45, 7) is 18.3. The zero-order chi connectivity index (χ0) is 55.0. The molecule has 4 saturated heterocycles. The van der Waals surface area contributed by atoms with Crippen LogP contribution in [-0.2, 0) is 54.0 Å². The third kappa shape index (κ3) is 11.8. The number of carbonyl (C=O) groups is 4. The number of fused-ring (bicyclic) bond motifs is 5. The fraction of sp³-hybridized carbons (Fsp3) is 0.695. The number of allylic oxidation sites excluding steroid dienone is 1. The van der Waals surface area contributed by atoms with Crippen molar-refractivity contribution in [1.29, 1.82) is 0 Å². The number of hydrogen-bond acceptors (Lipinski definition) is 15. The van der Waals surface area contributed by atoms with Crippen molar-refractivity contribution in [1.82, 2.24) is 4.90 Å². The number of Topliss-reactive ketones (excluding diaryl/α,β-unsaturated/α-hetero) is 2. The van der Waals surface area contributed by atoms with Crippen LogP contribution in [0.25, 0.3) is 0 Å². The van der Waals surface area contributed by atoms with Crippen LogP contribution in [0.4, 0.5) is 10.5 Å². The predicted octanol–water partition coefficient (Wildman–Crippen LogP) is 8.45. The average Bonchev–Trinajstić information content (AvgIpc) is 3.72. The number of aliphatic hydroxyl groups excluding tert-OH is 1.